The van der Waals surface area contributed by atoms with Gasteiger partial charge in [0.2, 0.25) is 0 Å². The molecular weight excluding hydrogens is 463 g/mol. The van der Waals surface area contributed by atoms with Crippen LogP contribution in [-0.4, -0.2) is 43.6 Å². The van der Waals surface area contributed by atoms with Crippen LogP contribution in [-0.2, 0) is 17.7 Å². The minimum atomic E-state index is -0.643. The van der Waals surface area contributed by atoms with Gasteiger partial charge >= 0.3 is 5.97 Å². The number of fused-ring (bicyclic) bond motifs is 1. The van der Waals surface area contributed by atoms with E-state index in [0.717, 1.165) is 11.6 Å². The summed E-state index contributed by atoms with van der Waals surface area (Å²) in [5, 5.41) is 17.6. The minimum absolute atomic E-state index is 0.110. The zero-order valence-corrected chi connectivity index (χ0v) is 20.2. The minimum Gasteiger partial charge on any atom is -0.497 e. The fraction of sp³-hybridized carbons (Fsp3) is 0.222. The van der Waals surface area contributed by atoms with Crippen LogP contribution in [0.1, 0.15) is 27.2 Å². The second kappa shape index (κ2) is 10.9. The van der Waals surface area contributed by atoms with Gasteiger partial charge < -0.3 is 19.5 Å². The summed E-state index contributed by atoms with van der Waals surface area (Å²) in [6, 6.07) is 17.1. The number of nitrogens with zero attached hydrogens (tertiary/aromatic N) is 3. The lowest BCUT2D eigenvalue weighted by Gasteiger charge is -2.13. The Hall–Kier alpha value is -4.42. The number of carbonyl (C=O) groups is 1. The summed E-state index contributed by atoms with van der Waals surface area (Å²) in [6.07, 6.45) is 0.477. The second-order valence-corrected chi connectivity index (χ2v) is 7.96. The van der Waals surface area contributed by atoms with Gasteiger partial charge in [-0.2, -0.15) is 10.4 Å². The maximum absolute atomic E-state index is 14.3. The number of nitrogens with one attached hydrogen (secondary N) is 1. The van der Waals surface area contributed by atoms with Gasteiger partial charge in [-0.05, 0) is 36.4 Å². The van der Waals surface area contributed by atoms with Gasteiger partial charge in [-0.1, -0.05) is 6.07 Å². The van der Waals surface area contributed by atoms with E-state index in [-0.39, 0.29) is 5.56 Å². The van der Waals surface area contributed by atoms with Crippen LogP contribution in [0.15, 0.2) is 54.6 Å². The van der Waals surface area contributed by atoms with Crippen molar-refractivity contribution >= 4 is 16.9 Å². The van der Waals surface area contributed by atoms with Crippen LogP contribution in [0.2, 0.25) is 0 Å². The van der Waals surface area contributed by atoms with E-state index in [4.69, 9.17) is 19.5 Å². The van der Waals surface area contributed by atoms with Crippen LogP contribution in [0, 0.1) is 17.1 Å². The summed E-state index contributed by atoms with van der Waals surface area (Å²) in [5.74, 6) is 0.189. The Morgan fingerprint density at radius 3 is 2.53 bits per heavy atom. The highest BCUT2D eigenvalue weighted by Gasteiger charge is 2.21. The van der Waals surface area contributed by atoms with Crippen molar-refractivity contribution in [3.63, 3.8) is 0 Å². The molecule has 4 rings (SSSR count). The summed E-state index contributed by atoms with van der Waals surface area (Å²) in [7, 11) is 4.46. The average Bonchev–Trinajstić information content (AvgIpc) is 3.28. The van der Waals surface area contributed by atoms with Gasteiger partial charge in [-0.15, -0.1) is 0 Å². The van der Waals surface area contributed by atoms with E-state index < -0.39 is 11.8 Å². The summed E-state index contributed by atoms with van der Waals surface area (Å²) < 4.78 is 31.6. The van der Waals surface area contributed by atoms with Crippen LogP contribution >= 0.6 is 0 Å². The molecule has 0 aliphatic rings. The van der Waals surface area contributed by atoms with Crippen molar-refractivity contribution in [2.45, 2.75) is 13.0 Å². The first-order valence-corrected chi connectivity index (χ1v) is 11.2. The number of aromatic nitrogens is 2. The Balaban J connectivity index is 1.68. The number of methoxy groups -OCH3 is 3. The molecule has 0 aliphatic heterocycles. The molecule has 0 bridgehead atoms. The van der Waals surface area contributed by atoms with Crippen LogP contribution in [0.3, 0.4) is 0 Å². The Kier molecular flexibility index (Phi) is 7.47. The topological polar surface area (TPSA) is 98.4 Å². The van der Waals surface area contributed by atoms with Gasteiger partial charge in [0.1, 0.15) is 17.3 Å². The molecule has 1 heterocycles. The molecule has 3 aromatic carbocycles. The maximum Gasteiger partial charge on any atom is 0.338 e. The zero-order valence-electron chi connectivity index (χ0n) is 20.2. The van der Waals surface area contributed by atoms with Crippen LogP contribution in [0.5, 0.6) is 11.5 Å². The number of hydrogen-bond acceptors (Lipinski definition) is 7. The molecule has 0 radical (unpaired) electrons. The molecular formula is C27H25FN4O4. The van der Waals surface area contributed by atoms with E-state index in [9.17, 15) is 9.18 Å². The highest BCUT2D eigenvalue weighted by Crippen LogP contribution is 2.28. The van der Waals surface area contributed by atoms with Gasteiger partial charge in [0, 0.05) is 42.6 Å². The molecule has 36 heavy (non-hydrogen) atoms. The lowest BCUT2D eigenvalue weighted by atomic mass is 10.1. The quantitative estimate of drug-likeness (QED) is 0.279. The lowest BCUT2D eigenvalue weighted by Crippen LogP contribution is -2.19. The molecule has 1 N–H and O–H groups in total. The third kappa shape index (κ3) is 4.99. The largest absolute Gasteiger partial charge is 0.497 e. The number of hydrogen-bond donors (Lipinski definition) is 1. The monoisotopic (exact) mass is 488 g/mol. The van der Waals surface area contributed by atoms with E-state index in [2.05, 4.69) is 16.5 Å². The average molecular weight is 489 g/mol. The number of benzene rings is 3. The van der Waals surface area contributed by atoms with Gasteiger partial charge in [0.05, 0.1) is 55.4 Å². The predicted octanol–water partition coefficient (Wildman–Crippen LogP) is 4.17. The number of rotatable bonds is 9. The Morgan fingerprint density at radius 1 is 1.08 bits per heavy atom. The smallest absolute Gasteiger partial charge is 0.338 e. The second-order valence-electron chi connectivity index (χ2n) is 7.96. The summed E-state index contributed by atoms with van der Waals surface area (Å²) in [5.41, 5.74) is 3.32. The lowest BCUT2D eigenvalue weighted by molar-refractivity contribution is 0.0602. The van der Waals surface area contributed by atoms with Crippen molar-refractivity contribution in [2.75, 3.05) is 27.9 Å². The van der Waals surface area contributed by atoms with Crippen molar-refractivity contribution < 1.29 is 23.4 Å². The molecule has 0 aliphatic carbocycles. The van der Waals surface area contributed by atoms with E-state index >= 15 is 0 Å². The summed E-state index contributed by atoms with van der Waals surface area (Å²) in [4.78, 5) is 12.5. The van der Waals surface area contributed by atoms with E-state index in [1.807, 2.05) is 18.2 Å². The first-order chi connectivity index (χ1) is 17.5. The molecule has 184 valence electrons. The van der Waals surface area contributed by atoms with Crippen molar-refractivity contribution in [2.24, 2.45) is 0 Å². The third-order valence-electron chi connectivity index (χ3n) is 5.83. The summed E-state index contributed by atoms with van der Waals surface area (Å²) in [6.45, 7) is 1.07. The molecule has 8 nitrogen and oxygen atoms in total. The van der Waals surface area contributed by atoms with Crippen LogP contribution in [0.25, 0.3) is 16.6 Å². The number of carbonyl (C=O) groups excluding carboxylic acids is 1. The first-order valence-electron chi connectivity index (χ1n) is 11.2. The maximum atomic E-state index is 14.3. The summed E-state index contributed by atoms with van der Waals surface area (Å²) >= 11 is 0. The van der Waals surface area contributed by atoms with E-state index in [0.29, 0.717) is 58.9 Å². The highest BCUT2D eigenvalue weighted by atomic mass is 19.1. The normalized spacial score (nSPS) is 10.8. The van der Waals surface area contributed by atoms with E-state index in [1.165, 1.54) is 13.2 Å². The van der Waals surface area contributed by atoms with Crippen LogP contribution in [0.4, 0.5) is 4.39 Å². The molecule has 0 spiro atoms. The van der Waals surface area contributed by atoms with Gasteiger partial charge in [-0.25, -0.2) is 13.9 Å². The SMILES string of the molecule is COC(=O)c1cc(F)cc2nn(-c3ccc(C#N)cc3)c(CCNCc3ccc(OC)cc3OC)c12. The van der Waals surface area contributed by atoms with Crippen molar-refractivity contribution in [3.8, 4) is 23.3 Å². The fourth-order valence-corrected chi connectivity index (χ4v) is 4.07. The Morgan fingerprint density at radius 2 is 1.86 bits per heavy atom. The molecule has 0 fully saturated rings. The molecule has 9 heteroatoms. The number of ether oxygens (including phenoxy) is 3. The van der Waals surface area contributed by atoms with Crippen molar-refractivity contribution in [1.82, 2.24) is 15.1 Å². The number of nitriles is 1. The van der Waals surface area contributed by atoms with E-state index in [1.54, 1.807) is 43.2 Å². The number of halogens is 1. The van der Waals surface area contributed by atoms with Crippen molar-refractivity contribution in [1.29, 1.82) is 5.26 Å². The molecule has 0 atom stereocenters. The molecule has 0 saturated carbocycles. The van der Waals surface area contributed by atoms with Gasteiger partial charge in [0.15, 0.2) is 0 Å². The predicted molar refractivity (Wildman–Crippen MR) is 132 cm³/mol. The highest BCUT2D eigenvalue weighted by molar-refractivity contribution is 6.05. The van der Waals surface area contributed by atoms with Crippen LogP contribution < -0.4 is 14.8 Å². The standard InChI is InChI=1S/C27H25FN4O4/c1-34-21-9-6-18(25(14-21)35-2)16-30-11-10-24-26-22(27(33)36-3)12-19(28)13-23(26)31-32(24)20-7-4-17(15-29)5-8-20/h4-9,12-14,30H,10-11,16H2,1-3H3. The Labute approximate surface area is 207 Å². The third-order valence-corrected chi connectivity index (χ3v) is 5.83. The fourth-order valence-electron chi connectivity index (χ4n) is 4.07. The Bertz CT molecular complexity index is 1440. The molecule has 4 aromatic rings. The molecule has 0 amide bonds. The molecule has 1 aromatic heterocycles. The number of esters is 1. The molecule has 0 unspecified atom stereocenters. The first kappa shape index (κ1) is 24.7. The van der Waals surface area contributed by atoms with Gasteiger partial charge in [-0.3, -0.25) is 0 Å². The van der Waals surface area contributed by atoms with Crippen molar-refractivity contribution in [3.05, 3.63) is 82.8 Å². The zero-order chi connectivity index (χ0) is 25.7. The molecule has 0 saturated heterocycles. The van der Waals surface area contributed by atoms with Gasteiger partial charge in [0.25, 0.3) is 0 Å².